The number of imidazole rings is 1. The molecule has 0 radical (unpaired) electrons. The SMILES string of the molecule is OC[C@H]1CCCN1Cc1cnc[nH]1. The lowest BCUT2D eigenvalue weighted by Crippen LogP contribution is -2.31. The van der Waals surface area contributed by atoms with Crippen LogP contribution in [-0.4, -0.2) is 39.2 Å². The highest BCUT2D eigenvalue weighted by Crippen LogP contribution is 2.18. The zero-order valence-electron chi connectivity index (χ0n) is 7.61. The van der Waals surface area contributed by atoms with E-state index in [2.05, 4.69) is 14.9 Å². The van der Waals surface area contributed by atoms with Crippen LogP contribution in [0.15, 0.2) is 12.5 Å². The summed E-state index contributed by atoms with van der Waals surface area (Å²) in [6.45, 7) is 2.24. The van der Waals surface area contributed by atoms with Gasteiger partial charge in [-0.2, -0.15) is 0 Å². The van der Waals surface area contributed by atoms with Crippen molar-refractivity contribution in [2.75, 3.05) is 13.2 Å². The molecule has 0 aromatic carbocycles. The van der Waals surface area contributed by atoms with Crippen molar-refractivity contribution in [1.82, 2.24) is 14.9 Å². The molecule has 2 heterocycles. The van der Waals surface area contributed by atoms with Crippen LogP contribution >= 0.6 is 0 Å². The highest BCUT2D eigenvalue weighted by atomic mass is 16.3. The van der Waals surface area contributed by atoms with Crippen molar-refractivity contribution in [3.8, 4) is 0 Å². The Balaban J connectivity index is 1.94. The number of rotatable bonds is 3. The molecule has 13 heavy (non-hydrogen) atoms. The molecule has 1 aliphatic heterocycles. The van der Waals surface area contributed by atoms with Crippen LogP contribution in [0.4, 0.5) is 0 Å². The van der Waals surface area contributed by atoms with Gasteiger partial charge >= 0.3 is 0 Å². The van der Waals surface area contributed by atoms with E-state index in [-0.39, 0.29) is 6.61 Å². The van der Waals surface area contributed by atoms with Crippen LogP contribution in [0.3, 0.4) is 0 Å². The van der Waals surface area contributed by atoms with Crippen LogP contribution in [0.5, 0.6) is 0 Å². The summed E-state index contributed by atoms with van der Waals surface area (Å²) in [7, 11) is 0. The molecule has 1 fully saturated rings. The van der Waals surface area contributed by atoms with Crippen molar-refractivity contribution in [2.24, 2.45) is 0 Å². The Labute approximate surface area is 77.6 Å². The summed E-state index contributed by atoms with van der Waals surface area (Å²) in [5, 5.41) is 9.10. The minimum Gasteiger partial charge on any atom is -0.395 e. The van der Waals surface area contributed by atoms with E-state index in [4.69, 9.17) is 5.11 Å². The molecule has 1 aliphatic rings. The van der Waals surface area contributed by atoms with E-state index >= 15 is 0 Å². The van der Waals surface area contributed by atoms with Crippen LogP contribution in [0.1, 0.15) is 18.5 Å². The van der Waals surface area contributed by atoms with E-state index in [9.17, 15) is 0 Å². The molecule has 0 aliphatic carbocycles. The Morgan fingerprint density at radius 1 is 1.69 bits per heavy atom. The highest BCUT2D eigenvalue weighted by Gasteiger charge is 2.23. The zero-order chi connectivity index (χ0) is 9.10. The van der Waals surface area contributed by atoms with Gasteiger partial charge in [0, 0.05) is 24.5 Å². The van der Waals surface area contributed by atoms with Crippen molar-refractivity contribution in [1.29, 1.82) is 0 Å². The number of aromatic nitrogens is 2. The van der Waals surface area contributed by atoms with Gasteiger partial charge in [0.2, 0.25) is 0 Å². The fourth-order valence-electron chi connectivity index (χ4n) is 1.90. The Morgan fingerprint density at radius 2 is 2.62 bits per heavy atom. The summed E-state index contributed by atoms with van der Waals surface area (Å²) in [4.78, 5) is 9.34. The van der Waals surface area contributed by atoms with Gasteiger partial charge in [-0.05, 0) is 19.4 Å². The Bertz CT molecular complexity index is 247. The van der Waals surface area contributed by atoms with E-state index in [0.29, 0.717) is 6.04 Å². The van der Waals surface area contributed by atoms with Gasteiger partial charge in [-0.15, -0.1) is 0 Å². The summed E-state index contributed by atoms with van der Waals surface area (Å²) in [6, 6.07) is 0.350. The highest BCUT2D eigenvalue weighted by molar-refractivity contribution is 4.95. The van der Waals surface area contributed by atoms with Gasteiger partial charge in [0.1, 0.15) is 0 Å². The third-order valence-corrected chi connectivity index (χ3v) is 2.64. The van der Waals surface area contributed by atoms with E-state index in [1.54, 1.807) is 6.33 Å². The second kappa shape index (κ2) is 3.89. The topological polar surface area (TPSA) is 52.1 Å². The largest absolute Gasteiger partial charge is 0.395 e. The number of aliphatic hydroxyl groups is 1. The zero-order valence-corrected chi connectivity index (χ0v) is 7.61. The molecule has 2 N–H and O–H groups in total. The van der Waals surface area contributed by atoms with Crippen LogP contribution < -0.4 is 0 Å². The molecule has 0 bridgehead atoms. The molecule has 2 rings (SSSR count). The molecule has 1 aromatic heterocycles. The first-order valence-corrected chi connectivity index (χ1v) is 4.72. The first-order chi connectivity index (χ1) is 6.40. The number of nitrogens with one attached hydrogen (secondary N) is 1. The third kappa shape index (κ3) is 1.89. The van der Waals surface area contributed by atoms with E-state index < -0.39 is 0 Å². The predicted molar refractivity (Wildman–Crippen MR) is 49.1 cm³/mol. The molecule has 0 unspecified atom stereocenters. The molecule has 1 aromatic rings. The number of hydrogen-bond donors (Lipinski definition) is 2. The van der Waals surface area contributed by atoms with E-state index in [1.165, 1.54) is 6.42 Å². The molecule has 0 amide bonds. The summed E-state index contributed by atoms with van der Waals surface area (Å²) >= 11 is 0. The monoisotopic (exact) mass is 181 g/mol. The maximum atomic E-state index is 9.10. The third-order valence-electron chi connectivity index (χ3n) is 2.64. The van der Waals surface area contributed by atoms with Gasteiger partial charge < -0.3 is 10.1 Å². The van der Waals surface area contributed by atoms with Crippen molar-refractivity contribution in [2.45, 2.75) is 25.4 Å². The summed E-state index contributed by atoms with van der Waals surface area (Å²) < 4.78 is 0. The summed E-state index contributed by atoms with van der Waals surface area (Å²) in [5.41, 5.74) is 1.13. The van der Waals surface area contributed by atoms with Gasteiger partial charge in [0.15, 0.2) is 0 Å². The molecule has 0 saturated carbocycles. The molecule has 1 atom stereocenters. The van der Waals surface area contributed by atoms with Crippen molar-refractivity contribution in [3.05, 3.63) is 18.2 Å². The molecule has 4 nitrogen and oxygen atoms in total. The fraction of sp³-hybridized carbons (Fsp3) is 0.667. The molecule has 1 saturated heterocycles. The van der Waals surface area contributed by atoms with Crippen molar-refractivity contribution in [3.63, 3.8) is 0 Å². The lowest BCUT2D eigenvalue weighted by molar-refractivity contribution is 0.152. The van der Waals surface area contributed by atoms with Gasteiger partial charge in [0.05, 0.1) is 12.9 Å². The Morgan fingerprint density at radius 3 is 3.31 bits per heavy atom. The molecular formula is C9H15N3O. The minimum atomic E-state index is 0.272. The minimum absolute atomic E-state index is 0.272. The van der Waals surface area contributed by atoms with E-state index in [1.807, 2.05) is 6.20 Å². The smallest absolute Gasteiger partial charge is 0.0922 e. The number of likely N-dealkylation sites (tertiary alicyclic amines) is 1. The fourth-order valence-corrected chi connectivity index (χ4v) is 1.90. The first kappa shape index (κ1) is 8.72. The van der Waals surface area contributed by atoms with E-state index in [0.717, 1.165) is 25.2 Å². The van der Waals surface area contributed by atoms with Crippen molar-refractivity contribution < 1.29 is 5.11 Å². The molecular weight excluding hydrogens is 166 g/mol. The summed E-state index contributed by atoms with van der Waals surface area (Å²) in [6.07, 6.45) is 5.84. The number of H-pyrrole nitrogens is 1. The van der Waals surface area contributed by atoms with Gasteiger partial charge in [-0.1, -0.05) is 0 Å². The Kier molecular flexibility index (Phi) is 2.61. The number of nitrogens with zero attached hydrogens (tertiary/aromatic N) is 2. The number of aliphatic hydroxyl groups excluding tert-OH is 1. The van der Waals surface area contributed by atoms with Gasteiger partial charge in [-0.25, -0.2) is 4.98 Å². The second-order valence-electron chi connectivity index (χ2n) is 3.53. The number of hydrogen-bond acceptors (Lipinski definition) is 3. The maximum absolute atomic E-state index is 9.10. The van der Waals surface area contributed by atoms with Crippen LogP contribution in [0, 0.1) is 0 Å². The summed E-state index contributed by atoms with van der Waals surface area (Å²) in [5.74, 6) is 0. The Hall–Kier alpha value is -0.870. The normalized spacial score (nSPS) is 23.9. The second-order valence-corrected chi connectivity index (χ2v) is 3.53. The average Bonchev–Trinajstić information content (AvgIpc) is 2.76. The van der Waals surface area contributed by atoms with Crippen molar-refractivity contribution >= 4 is 0 Å². The first-order valence-electron chi connectivity index (χ1n) is 4.72. The van der Waals surface area contributed by atoms with Crippen LogP contribution in [-0.2, 0) is 6.54 Å². The lowest BCUT2D eigenvalue weighted by Gasteiger charge is -2.21. The van der Waals surface area contributed by atoms with Crippen LogP contribution in [0.25, 0.3) is 0 Å². The average molecular weight is 181 g/mol. The molecule has 4 heteroatoms. The van der Waals surface area contributed by atoms with Gasteiger partial charge in [-0.3, -0.25) is 4.90 Å². The predicted octanol–water partition coefficient (Wildman–Crippen LogP) is 0.366. The maximum Gasteiger partial charge on any atom is 0.0922 e. The lowest BCUT2D eigenvalue weighted by atomic mass is 10.2. The number of aromatic amines is 1. The molecule has 72 valence electrons. The van der Waals surface area contributed by atoms with Gasteiger partial charge in [0.25, 0.3) is 0 Å². The molecule has 0 spiro atoms. The quantitative estimate of drug-likeness (QED) is 0.708. The standard InChI is InChI=1S/C9H15N3O/c13-6-9-2-1-3-12(9)5-8-4-10-7-11-8/h4,7,9,13H,1-3,5-6H2,(H,10,11)/t9-/m1/s1. The van der Waals surface area contributed by atoms with Crippen LogP contribution in [0.2, 0.25) is 0 Å².